The molecule has 0 rings (SSSR count). The Kier molecular flexibility index (Phi) is 10.7. The van der Waals surface area contributed by atoms with Crippen molar-refractivity contribution in [2.24, 2.45) is 5.92 Å². The molecule has 0 spiro atoms. The lowest BCUT2D eigenvalue weighted by atomic mass is 9.97. The fourth-order valence-electron chi connectivity index (χ4n) is 1.86. The zero-order valence-corrected chi connectivity index (χ0v) is 12.1. The second-order valence-electron chi connectivity index (χ2n) is 4.41. The van der Waals surface area contributed by atoms with Crippen LogP contribution in [0.3, 0.4) is 0 Å². The third-order valence-electron chi connectivity index (χ3n) is 2.75. The zero-order chi connectivity index (χ0) is 13.1. The van der Waals surface area contributed by atoms with E-state index in [1.54, 1.807) is 7.11 Å². The second kappa shape index (κ2) is 10.8. The number of carbonyl (C=O) groups excluding carboxylic acids is 1. The lowest BCUT2D eigenvalue weighted by Gasteiger charge is -2.16. The smallest absolute Gasteiger partial charge is 0.223 e. The maximum Gasteiger partial charge on any atom is 0.223 e. The minimum Gasteiger partial charge on any atom is -0.383 e. The predicted molar refractivity (Wildman–Crippen MR) is 72.4 cm³/mol. The molecule has 0 saturated heterocycles. The number of carbonyl (C=O) groups is 1. The van der Waals surface area contributed by atoms with Crippen molar-refractivity contribution >= 4 is 17.5 Å². The van der Waals surface area contributed by atoms with Crippen molar-refractivity contribution in [1.29, 1.82) is 0 Å². The van der Waals surface area contributed by atoms with Crippen LogP contribution in [-0.2, 0) is 9.53 Å². The molecule has 0 aromatic rings. The van der Waals surface area contributed by atoms with Gasteiger partial charge in [0.2, 0.25) is 5.91 Å². The van der Waals surface area contributed by atoms with Crippen molar-refractivity contribution in [2.45, 2.75) is 51.3 Å². The van der Waals surface area contributed by atoms with Gasteiger partial charge in [0.15, 0.2) is 0 Å². The Balaban J connectivity index is 3.80. The average Bonchev–Trinajstić information content (AvgIpc) is 2.29. The van der Waals surface area contributed by atoms with Gasteiger partial charge in [-0.1, -0.05) is 26.7 Å². The van der Waals surface area contributed by atoms with E-state index in [1.807, 2.05) is 0 Å². The molecule has 0 aliphatic rings. The molecule has 0 aromatic heterocycles. The summed E-state index contributed by atoms with van der Waals surface area (Å²) < 4.78 is 4.94. The van der Waals surface area contributed by atoms with Crippen molar-refractivity contribution in [2.75, 3.05) is 20.3 Å². The van der Waals surface area contributed by atoms with Crippen LogP contribution in [0.2, 0.25) is 0 Å². The Hall–Kier alpha value is -0.280. The van der Waals surface area contributed by atoms with Crippen LogP contribution in [0.5, 0.6) is 0 Å². The Labute approximate surface area is 110 Å². The molecule has 4 heteroatoms. The molecule has 3 nitrogen and oxygen atoms in total. The summed E-state index contributed by atoms with van der Waals surface area (Å²) in [6.07, 6.45) is 4.82. The first kappa shape index (κ1) is 16.7. The van der Waals surface area contributed by atoms with Crippen LogP contribution in [-0.4, -0.2) is 31.5 Å². The van der Waals surface area contributed by atoms with E-state index in [4.69, 9.17) is 16.3 Å². The van der Waals surface area contributed by atoms with E-state index in [2.05, 4.69) is 19.2 Å². The number of methoxy groups -OCH3 is 1. The van der Waals surface area contributed by atoms with Gasteiger partial charge in [0.05, 0.1) is 12.0 Å². The second-order valence-corrected chi connectivity index (χ2v) is 5.02. The first-order valence-corrected chi connectivity index (χ1v) is 7.00. The quantitative estimate of drug-likeness (QED) is 0.616. The summed E-state index contributed by atoms with van der Waals surface area (Å²) in [6.45, 7) is 5.40. The molecule has 0 heterocycles. The molecule has 0 fully saturated rings. The molecule has 0 aromatic carbocycles. The lowest BCUT2D eigenvalue weighted by Crippen LogP contribution is -2.32. The highest BCUT2D eigenvalue weighted by Crippen LogP contribution is 2.13. The molecular formula is C13H26ClNO2. The highest BCUT2D eigenvalue weighted by atomic mass is 35.5. The van der Waals surface area contributed by atoms with E-state index in [1.165, 1.54) is 0 Å². The van der Waals surface area contributed by atoms with Gasteiger partial charge < -0.3 is 10.1 Å². The van der Waals surface area contributed by atoms with Gasteiger partial charge in [-0.3, -0.25) is 4.79 Å². The number of ether oxygens (including phenoxy) is 1. The summed E-state index contributed by atoms with van der Waals surface area (Å²) in [5.41, 5.74) is 0. The van der Waals surface area contributed by atoms with Gasteiger partial charge in [-0.2, -0.15) is 0 Å². The van der Waals surface area contributed by atoms with Crippen LogP contribution in [0.25, 0.3) is 0 Å². The molecule has 0 aliphatic heterocycles. The minimum absolute atomic E-state index is 0.0175. The van der Waals surface area contributed by atoms with E-state index in [-0.39, 0.29) is 17.2 Å². The molecule has 0 saturated carbocycles. The number of alkyl halides is 1. The van der Waals surface area contributed by atoms with Gasteiger partial charge in [0.25, 0.3) is 0 Å². The van der Waals surface area contributed by atoms with Crippen molar-refractivity contribution in [3.8, 4) is 0 Å². The van der Waals surface area contributed by atoms with Crippen LogP contribution in [0, 0.1) is 5.92 Å². The van der Waals surface area contributed by atoms with Gasteiger partial charge in [-0.15, -0.1) is 11.6 Å². The van der Waals surface area contributed by atoms with Crippen LogP contribution in [0.1, 0.15) is 46.0 Å². The third-order valence-corrected chi connectivity index (χ3v) is 3.09. The lowest BCUT2D eigenvalue weighted by molar-refractivity contribution is -0.125. The molecule has 1 atom stereocenters. The van der Waals surface area contributed by atoms with Crippen LogP contribution < -0.4 is 5.32 Å². The Morgan fingerprint density at radius 1 is 1.24 bits per heavy atom. The molecule has 1 unspecified atom stereocenters. The van der Waals surface area contributed by atoms with Crippen molar-refractivity contribution in [3.05, 3.63) is 0 Å². The van der Waals surface area contributed by atoms with Crippen molar-refractivity contribution in [1.82, 2.24) is 5.32 Å². The molecular weight excluding hydrogens is 238 g/mol. The summed E-state index contributed by atoms with van der Waals surface area (Å²) in [5.74, 6) is 0.344. The van der Waals surface area contributed by atoms with E-state index in [0.717, 1.165) is 32.1 Å². The molecule has 0 radical (unpaired) electrons. The van der Waals surface area contributed by atoms with E-state index < -0.39 is 0 Å². The van der Waals surface area contributed by atoms with E-state index >= 15 is 0 Å². The predicted octanol–water partition coefficient (Wildman–Crippen LogP) is 2.96. The number of hydrogen-bond acceptors (Lipinski definition) is 2. The Morgan fingerprint density at radius 3 is 2.29 bits per heavy atom. The zero-order valence-electron chi connectivity index (χ0n) is 11.3. The number of halogens is 1. The Morgan fingerprint density at radius 2 is 1.82 bits per heavy atom. The van der Waals surface area contributed by atoms with Crippen LogP contribution >= 0.6 is 11.6 Å². The average molecular weight is 264 g/mol. The summed E-state index contributed by atoms with van der Waals surface area (Å²) in [5, 5.41) is 2.95. The van der Waals surface area contributed by atoms with Crippen molar-refractivity contribution < 1.29 is 9.53 Å². The van der Waals surface area contributed by atoms with Crippen molar-refractivity contribution in [3.63, 3.8) is 0 Å². The highest BCUT2D eigenvalue weighted by molar-refractivity contribution is 6.20. The van der Waals surface area contributed by atoms with E-state index in [0.29, 0.717) is 13.2 Å². The minimum atomic E-state index is -0.0175. The summed E-state index contributed by atoms with van der Waals surface area (Å²) in [7, 11) is 1.63. The summed E-state index contributed by atoms with van der Waals surface area (Å²) >= 11 is 5.99. The fourth-order valence-corrected chi connectivity index (χ4v) is 2.10. The van der Waals surface area contributed by atoms with E-state index in [9.17, 15) is 4.79 Å². The third kappa shape index (κ3) is 8.44. The van der Waals surface area contributed by atoms with Crippen LogP contribution in [0.4, 0.5) is 0 Å². The SMILES string of the molecule is CCCC(CCC)C(=O)NCCC(Cl)COC. The first-order chi connectivity index (χ1) is 8.15. The van der Waals surface area contributed by atoms with Crippen LogP contribution in [0.15, 0.2) is 0 Å². The largest absolute Gasteiger partial charge is 0.383 e. The normalized spacial score (nSPS) is 12.8. The highest BCUT2D eigenvalue weighted by Gasteiger charge is 2.16. The van der Waals surface area contributed by atoms with Gasteiger partial charge in [0.1, 0.15) is 0 Å². The topological polar surface area (TPSA) is 38.3 Å². The maximum atomic E-state index is 11.9. The number of rotatable bonds is 10. The number of amides is 1. The number of nitrogens with one attached hydrogen (secondary N) is 1. The first-order valence-electron chi connectivity index (χ1n) is 6.56. The molecule has 1 N–H and O–H groups in total. The van der Waals surface area contributed by atoms with Gasteiger partial charge in [0, 0.05) is 19.6 Å². The molecule has 0 bridgehead atoms. The molecule has 17 heavy (non-hydrogen) atoms. The molecule has 0 aliphatic carbocycles. The van der Waals surface area contributed by atoms with Gasteiger partial charge in [-0.05, 0) is 19.3 Å². The monoisotopic (exact) mass is 263 g/mol. The molecule has 102 valence electrons. The summed E-state index contributed by atoms with van der Waals surface area (Å²) in [6, 6.07) is 0. The standard InChI is InChI=1S/C13H26ClNO2/c1-4-6-11(7-5-2)13(16)15-9-8-12(14)10-17-3/h11-12H,4-10H2,1-3H3,(H,15,16). The maximum absolute atomic E-state index is 11.9. The number of hydrogen-bond donors (Lipinski definition) is 1. The van der Waals surface area contributed by atoms with Gasteiger partial charge >= 0.3 is 0 Å². The fraction of sp³-hybridized carbons (Fsp3) is 0.923. The molecule has 1 amide bonds. The van der Waals surface area contributed by atoms with Gasteiger partial charge in [-0.25, -0.2) is 0 Å². The summed E-state index contributed by atoms with van der Waals surface area (Å²) in [4.78, 5) is 11.9. The Bertz CT molecular complexity index is 194.